The summed E-state index contributed by atoms with van der Waals surface area (Å²) in [6, 6.07) is 12.1. The minimum Gasteiger partial charge on any atom is -0.369 e. The fourth-order valence-corrected chi connectivity index (χ4v) is 2.82. The molecule has 1 saturated heterocycles. The Hall–Kier alpha value is -2.20. The van der Waals surface area contributed by atoms with Gasteiger partial charge in [0.1, 0.15) is 0 Å². The van der Waals surface area contributed by atoms with Gasteiger partial charge in [-0.3, -0.25) is 14.7 Å². The van der Waals surface area contributed by atoms with E-state index < -0.39 is 0 Å². The van der Waals surface area contributed by atoms with Crippen LogP contribution in [-0.2, 0) is 6.54 Å². The number of carbonyl (C=O) groups is 1. The Kier molecular flexibility index (Phi) is 4.49. The molecule has 22 heavy (non-hydrogen) atoms. The number of anilines is 1. The van der Waals surface area contributed by atoms with Gasteiger partial charge in [-0.05, 0) is 48.9 Å². The molecule has 0 atom stereocenters. The third-order valence-electron chi connectivity index (χ3n) is 4.17. The fourth-order valence-electron chi connectivity index (χ4n) is 2.82. The first kappa shape index (κ1) is 14.7. The summed E-state index contributed by atoms with van der Waals surface area (Å²) in [5, 5.41) is 0. The molecular formula is C18H21N3O. The number of carbonyl (C=O) groups excluding carboxylic acids is 1. The highest BCUT2D eigenvalue weighted by atomic mass is 16.1. The van der Waals surface area contributed by atoms with Crippen LogP contribution in [-0.4, -0.2) is 41.8 Å². The number of hydrogen-bond donors (Lipinski definition) is 0. The molecule has 1 aliphatic heterocycles. The van der Waals surface area contributed by atoms with Gasteiger partial charge in [-0.1, -0.05) is 0 Å². The van der Waals surface area contributed by atoms with E-state index in [1.807, 2.05) is 24.5 Å². The van der Waals surface area contributed by atoms with Crippen molar-refractivity contribution in [2.45, 2.75) is 13.5 Å². The number of ketones is 1. The molecule has 1 aliphatic rings. The van der Waals surface area contributed by atoms with Crippen LogP contribution in [0.15, 0.2) is 48.8 Å². The van der Waals surface area contributed by atoms with Crippen LogP contribution in [0.25, 0.3) is 0 Å². The highest BCUT2D eigenvalue weighted by molar-refractivity contribution is 5.94. The van der Waals surface area contributed by atoms with Gasteiger partial charge in [0.25, 0.3) is 0 Å². The Bertz CT molecular complexity index is 617. The second-order valence-electron chi connectivity index (χ2n) is 5.72. The molecule has 4 heteroatoms. The molecule has 0 bridgehead atoms. The predicted octanol–water partition coefficient (Wildman–Crippen LogP) is 2.61. The minimum absolute atomic E-state index is 0.119. The summed E-state index contributed by atoms with van der Waals surface area (Å²) in [5.41, 5.74) is 3.29. The second kappa shape index (κ2) is 6.71. The molecule has 1 fully saturated rings. The highest BCUT2D eigenvalue weighted by Crippen LogP contribution is 2.18. The van der Waals surface area contributed by atoms with E-state index in [1.54, 1.807) is 6.92 Å². The van der Waals surface area contributed by atoms with Gasteiger partial charge >= 0.3 is 0 Å². The molecule has 0 aliphatic carbocycles. The Balaban J connectivity index is 1.56. The van der Waals surface area contributed by atoms with Crippen molar-refractivity contribution in [2.75, 3.05) is 31.1 Å². The summed E-state index contributed by atoms with van der Waals surface area (Å²) < 4.78 is 0. The highest BCUT2D eigenvalue weighted by Gasteiger charge is 2.17. The molecule has 0 spiro atoms. The maximum atomic E-state index is 11.3. The van der Waals surface area contributed by atoms with Crippen molar-refractivity contribution in [3.63, 3.8) is 0 Å². The first-order chi connectivity index (χ1) is 10.7. The Morgan fingerprint density at radius 3 is 2.23 bits per heavy atom. The van der Waals surface area contributed by atoms with Gasteiger partial charge in [0.15, 0.2) is 5.78 Å². The largest absolute Gasteiger partial charge is 0.369 e. The lowest BCUT2D eigenvalue weighted by Crippen LogP contribution is -2.45. The Morgan fingerprint density at radius 1 is 1.00 bits per heavy atom. The summed E-state index contributed by atoms with van der Waals surface area (Å²) in [6.45, 7) is 6.73. The Morgan fingerprint density at radius 2 is 1.64 bits per heavy atom. The number of benzene rings is 1. The quantitative estimate of drug-likeness (QED) is 0.812. The van der Waals surface area contributed by atoms with E-state index in [0.717, 1.165) is 38.3 Å². The number of nitrogens with zero attached hydrogens (tertiary/aromatic N) is 3. The van der Waals surface area contributed by atoms with E-state index in [2.05, 4.69) is 39.0 Å². The first-order valence-electron chi connectivity index (χ1n) is 7.69. The average Bonchev–Trinajstić information content (AvgIpc) is 2.57. The number of piperazine rings is 1. The van der Waals surface area contributed by atoms with Crippen molar-refractivity contribution in [3.8, 4) is 0 Å². The van der Waals surface area contributed by atoms with Crippen LogP contribution in [0, 0.1) is 0 Å². The number of pyridine rings is 1. The molecule has 2 heterocycles. The van der Waals surface area contributed by atoms with E-state index >= 15 is 0 Å². The lowest BCUT2D eigenvalue weighted by molar-refractivity contribution is 0.101. The van der Waals surface area contributed by atoms with Crippen LogP contribution in [0.2, 0.25) is 0 Å². The number of hydrogen-bond acceptors (Lipinski definition) is 4. The number of aromatic nitrogens is 1. The molecule has 0 saturated carbocycles. The zero-order valence-electron chi connectivity index (χ0n) is 12.9. The lowest BCUT2D eigenvalue weighted by atomic mass is 10.1. The van der Waals surface area contributed by atoms with Gasteiger partial charge in [0, 0.05) is 56.4 Å². The number of Topliss-reactive ketones (excluding diaryl/α,β-unsaturated/α-hetero) is 1. The molecule has 0 N–H and O–H groups in total. The van der Waals surface area contributed by atoms with Gasteiger partial charge in [-0.25, -0.2) is 0 Å². The maximum absolute atomic E-state index is 11.3. The van der Waals surface area contributed by atoms with E-state index in [1.165, 1.54) is 11.3 Å². The number of rotatable bonds is 4. The summed E-state index contributed by atoms with van der Waals surface area (Å²) in [6.07, 6.45) is 3.70. The average molecular weight is 295 g/mol. The second-order valence-corrected chi connectivity index (χ2v) is 5.72. The third kappa shape index (κ3) is 3.52. The fraction of sp³-hybridized carbons (Fsp3) is 0.333. The van der Waals surface area contributed by atoms with E-state index in [0.29, 0.717) is 0 Å². The molecule has 1 aromatic heterocycles. The van der Waals surface area contributed by atoms with Crippen molar-refractivity contribution in [2.24, 2.45) is 0 Å². The first-order valence-corrected chi connectivity index (χ1v) is 7.69. The SMILES string of the molecule is CC(=O)c1ccc(N2CCN(Cc3ccncc3)CC2)cc1. The van der Waals surface area contributed by atoms with E-state index in [4.69, 9.17) is 0 Å². The maximum Gasteiger partial charge on any atom is 0.159 e. The van der Waals surface area contributed by atoms with Crippen molar-refractivity contribution < 1.29 is 4.79 Å². The summed E-state index contributed by atoms with van der Waals surface area (Å²) in [7, 11) is 0. The predicted molar refractivity (Wildman–Crippen MR) is 88.2 cm³/mol. The van der Waals surface area contributed by atoms with Crippen LogP contribution < -0.4 is 4.90 Å². The summed E-state index contributed by atoms with van der Waals surface area (Å²) in [5.74, 6) is 0.119. The van der Waals surface area contributed by atoms with Crippen molar-refractivity contribution in [1.82, 2.24) is 9.88 Å². The summed E-state index contributed by atoms with van der Waals surface area (Å²) in [4.78, 5) is 20.2. The molecular weight excluding hydrogens is 274 g/mol. The Labute approximate surface area is 131 Å². The van der Waals surface area contributed by atoms with Gasteiger partial charge in [-0.2, -0.15) is 0 Å². The zero-order valence-corrected chi connectivity index (χ0v) is 12.9. The normalized spacial score (nSPS) is 15.8. The molecule has 4 nitrogen and oxygen atoms in total. The summed E-state index contributed by atoms with van der Waals surface area (Å²) >= 11 is 0. The van der Waals surface area contributed by atoms with Crippen LogP contribution in [0.1, 0.15) is 22.8 Å². The van der Waals surface area contributed by atoms with Gasteiger partial charge in [0.2, 0.25) is 0 Å². The van der Waals surface area contributed by atoms with Crippen molar-refractivity contribution in [1.29, 1.82) is 0 Å². The van der Waals surface area contributed by atoms with Crippen LogP contribution in [0.3, 0.4) is 0 Å². The standard InChI is InChI=1S/C18H21N3O/c1-15(22)17-2-4-18(5-3-17)21-12-10-20(11-13-21)14-16-6-8-19-9-7-16/h2-9H,10-14H2,1H3. The molecule has 2 aromatic rings. The van der Waals surface area contributed by atoms with Crippen LogP contribution in [0.5, 0.6) is 0 Å². The topological polar surface area (TPSA) is 36.4 Å². The third-order valence-corrected chi connectivity index (χ3v) is 4.17. The van der Waals surface area contributed by atoms with Crippen LogP contribution in [0.4, 0.5) is 5.69 Å². The van der Waals surface area contributed by atoms with E-state index in [-0.39, 0.29) is 5.78 Å². The zero-order chi connectivity index (χ0) is 15.4. The molecule has 3 rings (SSSR count). The monoisotopic (exact) mass is 295 g/mol. The van der Waals surface area contributed by atoms with Crippen molar-refractivity contribution in [3.05, 3.63) is 59.9 Å². The van der Waals surface area contributed by atoms with Crippen LogP contribution >= 0.6 is 0 Å². The van der Waals surface area contributed by atoms with Crippen molar-refractivity contribution >= 4 is 11.5 Å². The molecule has 0 amide bonds. The minimum atomic E-state index is 0.119. The van der Waals surface area contributed by atoms with Gasteiger partial charge in [0.05, 0.1) is 0 Å². The smallest absolute Gasteiger partial charge is 0.159 e. The lowest BCUT2D eigenvalue weighted by Gasteiger charge is -2.36. The molecule has 0 unspecified atom stereocenters. The molecule has 0 radical (unpaired) electrons. The van der Waals surface area contributed by atoms with Gasteiger partial charge < -0.3 is 4.90 Å². The van der Waals surface area contributed by atoms with E-state index in [9.17, 15) is 4.79 Å². The molecule has 114 valence electrons. The van der Waals surface area contributed by atoms with Gasteiger partial charge in [-0.15, -0.1) is 0 Å². The molecule has 1 aromatic carbocycles.